The highest BCUT2D eigenvalue weighted by Gasteiger charge is 2.25. The Bertz CT molecular complexity index is 382. The number of nitrogens with one attached hydrogen (secondary N) is 1. The third-order valence-electron chi connectivity index (χ3n) is 3.18. The predicted octanol–water partition coefficient (Wildman–Crippen LogP) is 1.11. The minimum Gasteiger partial charge on any atom is -0.493 e. The monoisotopic (exact) mass is 236 g/mol. The molecule has 0 amide bonds. The molecule has 0 bridgehead atoms. The maximum atomic E-state index is 6.06. The van der Waals surface area contributed by atoms with Crippen LogP contribution in [0.25, 0.3) is 0 Å². The van der Waals surface area contributed by atoms with Crippen LogP contribution in [-0.4, -0.2) is 32.8 Å². The van der Waals surface area contributed by atoms with E-state index in [2.05, 4.69) is 11.4 Å². The molecule has 2 rings (SSSR count). The lowest BCUT2D eigenvalue weighted by Crippen LogP contribution is -2.27. The molecular weight excluding hydrogens is 216 g/mol. The number of hydrogen-bond donors (Lipinski definition) is 2. The van der Waals surface area contributed by atoms with Gasteiger partial charge in [-0.2, -0.15) is 0 Å². The Labute approximate surface area is 102 Å². The summed E-state index contributed by atoms with van der Waals surface area (Å²) in [5, 5.41) is 3.30. The van der Waals surface area contributed by atoms with Crippen molar-refractivity contribution in [3.8, 4) is 11.5 Å². The van der Waals surface area contributed by atoms with Crippen molar-refractivity contribution >= 4 is 0 Å². The number of benzene rings is 1. The highest BCUT2D eigenvalue weighted by atomic mass is 16.5. The van der Waals surface area contributed by atoms with Crippen molar-refractivity contribution in [1.82, 2.24) is 5.32 Å². The van der Waals surface area contributed by atoms with Crippen LogP contribution in [0, 0.1) is 0 Å². The molecular formula is C13H20N2O2. The Balaban J connectivity index is 2.24. The van der Waals surface area contributed by atoms with E-state index in [4.69, 9.17) is 15.2 Å². The van der Waals surface area contributed by atoms with Crippen molar-refractivity contribution in [3.63, 3.8) is 0 Å². The lowest BCUT2D eigenvalue weighted by molar-refractivity contribution is 0.310. The number of methoxy groups -OCH3 is 1. The lowest BCUT2D eigenvalue weighted by Gasteiger charge is -2.17. The molecule has 0 saturated carbocycles. The maximum absolute atomic E-state index is 6.06. The standard InChI is InChI=1S/C13H20N2O2/c1-3-17-12-5-4-9(6-13(12)16-2)10-7-15-8-11(10)14/h4-6,10-11,15H,3,7-8,14H2,1-2H3. The van der Waals surface area contributed by atoms with Crippen LogP contribution >= 0.6 is 0 Å². The van der Waals surface area contributed by atoms with E-state index in [1.165, 1.54) is 5.56 Å². The third kappa shape index (κ3) is 2.53. The fourth-order valence-corrected chi connectivity index (χ4v) is 2.25. The van der Waals surface area contributed by atoms with E-state index in [0.29, 0.717) is 12.5 Å². The smallest absolute Gasteiger partial charge is 0.161 e. The second-order valence-electron chi connectivity index (χ2n) is 4.27. The topological polar surface area (TPSA) is 56.5 Å². The molecule has 0 radical (unpaired) electrons. The van der Waals surface area contributed by atoms with Gasteiger partial charge in [-0.1, -0.05) is 6.07 Å². The van der Waals surface area contributed by atoms with Crippen molar-refractivity contribution in [3.05, 3.63) is 23.8 Å². The van der Waals surface area contributed by atoms with Crippen LogP contribution in [0.4, 0.5) is 0 Å². The molecule has 1 saturated heterocycles. The number of rotatable bonds is 4. The normalized spacial score (nSPS) is 23.7. The summed E-state index contributed by atoms with van der Waals surface area (Å²) in [4.78, 5) is 0. The summed E-state index contributed by atoms with van der Waals surface area (Å²) in [6.45, 7) is 4.41. The summed E-state index contributed by atoms with van der Waals surface area (Å²) in [6.07, 6.45) is 0. The molecule has 1 heterocycles. The van der Waals surface area contributed by atoms with Gasteiger partial charge < -0.3 is 20.5 Å². The van der Waals surface area contributed by atoms with E-state index >= 15 is 0 Å². The van der Waals surface area contributed by atoms with E-state index in [1.54, 1.807) is 7.11 Å². The Morgan fingerprint density at radius 1 is 1.35 bits per heavy atom. The van der Waals surface area contributed by atoms with Gasteiger partial charge in [-0.15, -0.1) is 0 Å². The van der Waals surface area contributed by atoms with Crippen LogP contribution in [0.5, 0.6) is 11.5 Å². The predicted molar refractivity (Wildman–Crippen MR) is 67.7 cm³/mol. The maximum Gasteiger partial charge on any atom is 0.161 e. The van der Waals surface area contributed by atoms with Gasteiger partial charge in [-0.25, -0.2) is 0 Å². The minimum atomic E-state index is 0.178. The zero-order valence-electron chi connectivity index (χ0n) is 10.4. The van der Waals surface area contributed by atoms with Crippen molar-refractivity contribution < 1.29 is 9.47 Å². The Kier molecular flexibility index (Phi) is 3.86. The molecule has 1 aromatic carbocycles. The molecule has 2 unspecified atom stereocenters. The molecule has 1 fully saturated rings. The summed E-state index contributed by atoms with van der Waals surface area (Å²) in [5.74, 6) is 1.93. The molecule has 0 aromatic heterocycles. The molecule has 1 aromatic rings. The van der Waals surface area contributed by atoms with E-state index in [1.807, 2.05) is 19.1 Å². The molecule has 94 valence electrons. The highest BCUT2D eigenvalue weighted by molar-refractivity contribution is 5.44. The van der Waals surface area contributed by atoms with Gasteiger partial charge in [0.25, 0.3) is 0 Å². The zero-order valence-corrected chi connectivity index (χ0v) is 10.4. The van der Waals surface area contributed by atoms with E-state index < -0.39 is 0 Å². The summed E-state index contributed by atoms with van der Waals surface area (Å²) >= 11 is 0. The van der Waals surface area contributed by atoms with Crippen LogP contribution in [0.2, 0.25) is 0 Å². The molecule has 17 heavy (non-hydrogen) atoms. The van der Waals surface area contributed by atoms with Crippen molar-refractivity contribution in [2.24, 2.45) is 5.73 Å². The first-order valence-electron chi connectivity index (χ1n) is 6.03. The van der Waals surface area contributed by atoms with Crippen molar-refractivity contribution in [1.29, 1.82) is 0 Å². The van der Waals surface area contributed by atoms with Crippen molar-refractivity contribution in [2.45, 2.75) is 18.9 Å². The Morgan fingerprint density at radius 3 is 2.76 bits per heavy atom. The fraction of sp³-hybridized carbons (Fsp3) is 0.538. The lowest BCUT2D eigenvalue weighted by atomic mass is 9.94. The summed E-state index contributed by atoms with van der Waals surface area (Å²) in [5.41, 5.74) is 7.28. The molecule has 1 aliphatic rings. The first-order chi connectivity index (χ1) is 8.26. The first-order valence-corrected chi connectivity index (χ1v) is 6.03. The van der Waals surface area contributed by atoms with Crippen LogP contribution in [0.1, 0.15) is 18.4 Å². The molecule has 2 atom stereocenters. The fourth-order valence-electron chi connectivity index (χ4n) is 2.25. The largest absolute Gasteiger partial charge is 0.493 e. The Morgan fingerprint density at radius 2 is 2.18 bits per heavy atom. The molecule has 3 N–H and O–H groups in total. The SMILES string of the molecule is CCOc1ccc(C2CNCC2N)cc1OC. The number of hydrogen-bond acceptors (Lipinski definition) is 4. The molecule has 4 nitrogen and oxygen atoms in total. The van der Waals surface area contributed by atoms with Crippen LogP contribution in [0.15, 0.2) is 18.2 Å². The van der Waals surface area contributed by atoms with Gasteiger partial charge >= 0.3 is 0 Å². The van der Waals surface area contributed by atoms with Crippen LogP contribution in [-0.2, 0) is 0 Å². The molecule has 0 spiro atoms. The first kappa shape index (κ1) is 12.2. The van der Waals surface area contributed by atoms with E-state index in [0.717, 1.165) is 24.6 Å². The van der Waals surface area contributed by atoms with Gasteiger partial charge in [-0.05, 0) is 24.6 Å². The Hall–Kier alpha value is -1.26. The quantitative estimate of drug-likeness (QED) is 0.822. The highest BCUT2D eigenvalue weighted by Crippen LogP contribution is 2.32. The molecule has 1 aliphatic heterocycles. The summed E-state index contributed by atoms with van der Waals surface area (Å²) in [6, 6.07) is 6.24. The van der Waals surface area contributed by atoms with E-state index in [-0.39, 0.29) is 6.04 Å². The van der Waals surface area contributed by atoms with Gasteiger partial charge in [0.05, 0.1) is 13.7 Å². The third-order valence-corrected chi connectivity index (χ3v) is 3.18. The average Bonchev–Trinajstić information content (AvgIpc) is 2.76. The zero-order chi connectivity index (χ0) is 12.3. The molecule has 0 aliphatic carbocycles. The van der Waals surface area contributed by atoms with Crippen molar-refractivity contribution in [2.75, 3.05) is 26.8 Å². The summed E-state index contributed by atoms with van der Waals surface area (Å²) < 4.78 is 10.8. The molecule has 4 heteroatoms. The summed E-state index contributed by atoms with van der Waals surface area (Å²) in [7, 11) is 1.66. The van der Waals surface area contributed by atoms with Crippen LogP contribution in [0.3, 0.4) is 0 Å². The second kappa shape index (κ2) is 5.38. The van der Waals surface area contributed by atoms with Gasteiger partial charge in [0.2, 0.25) is 0 Å². The van der Waals surface area contributed by atoms with E-state index in [9.17, 15) is 0 Å². The van der Waals surface area contributed by atoms with Gasteiger partial charge in [0.1, 0.15) is 0 Å². The van der Waals surface area contributed by atoms with Crippen LogP contribution < -0.4 is 20.5 Å². The minimum absolute atomic E-state index is 0.178. The number of ether oxygens (including phenoxy) is 2. The number of nitrogens with two attached hydrogens (primary N) is 1. The second-order valence-corrected chi connectivity index (χ2v) is 4.27. The average molecular weight is 236 g/mol. The van der Waals surface area contributed by atoms with Gasteiger partial charge in [0, 0.05) is 25.0 Å². The van der Waals surface area contributed by atoms with Gasteiger partial charge in [-0.3, -0.25) is 0 Å². The van der Waals surface area contributed by atoms with Gasteiger partial charge in [0.15, 0.2) is 11.5 Å².